The molecule has 2 saturated carbocycles. The second-order valence-corrected chi connectivity index (χ2v) is 6.90. The maximum atomic E-state index is 13.9. The van der Waals surface area contributed by atoms with E-state index in [1.165, 1.54) is 18.2 Å². The number of halogens is 3. The molecule has 2 aliphatic rings. The van der Waals surface area contributed by atoms with Crippen molar-refractivity contribution >= 4 is 5.91 Å². The summed E-state index contributed by atoms with van der Waals surface area (Å²) < 4.78 is 40.9. The van der Waals surface area contributed by atoms with E-state index in [4.69, 9.17) is 0 Å². The molecule has 4 rings (SSSR count). The van der Waals surface area contributed by atoms with E-state index < -0.39 is 11.6 Å². The first kappa shape index (κ1) is 16.2. The summed E-state index contributed by atoms with van der Waals surface area (Å²) in [7, 11) is 0. The molecule has 0 spiro atoms. The summed E-state index contributed by atoms with van der Waals surface area (Å²) >= 11 is 0. The lowest BCUT2D eigenvalue weighted by molar-refractivity contribution is -0.133. The lowest BCUT2D eigenvalue weighted by Gasteiger charge is -2.23. The molecule has 2 aliphatic carbocycles. The molecule has 0 aliphatic heterocycles. The molecule has 5 heteroatoms. The molecule has 2 atom stereocenters. The Morgan fingerprint density at radius 1 is 1.04 bits per heavy atom. The molecule has 0 radical (unpaired) electrons. The zero-order valence-electron chi connectivity index (χ0n) is 13.6. The minimum Gasteiger partial charge on any atom is -0.335 e. The van der Waals surface area contributed by atoms with Gasteiger partial charge in [-0.2, -0.15) is 0 Å². The van der Waals surface area contributed by atoms with Gasteiger partial charge in [0.05, 0.1) is 0 Å². The molecule has 25 heavy (non-hydrogen) atoms. The van der Waals surface area contributed by atoms with Crippen LogP contribution in [-0.4, -0.2) is 16.8 Å². The fraction of sp³-hybridized carbons (Fsp3) is 0.350. The second kappa shape index (κ2) is 6.21. The molecule has 2 nitrogen and oxygen atoms in total. The van der Waals surface area contributed by atoms with E-state index in [2.05, 4.69) is 0 Å². The van der Waals surface area contributed by atoms with E-state index in [-0.39, 0.29) is 36.1 Å². The fourth-order valence-electron chi connectivity index (χ4n) is 3.41. The summed E-state index contributed by atoms with van der Waals surface area (Å²) in [4.78, 5) is 14.6. The highest BCUT2D eigenvalue weighted by Gasteiger charge is 2.49. The van der Waals surface area contributed by atoms with Gasteiger partial charge in [-0.15, -0.1) is 0 Å². The largest absolute Gasteiger partial charge is 0.335 e. The van der Waals surface area contributed by atoms with Crippen molar-refractivity contribution in [2.24, 2.45) is 5.92 Å². The molecule has 0 N–H and O–H groups in total. The van der Waals surface area contributed by atoms with Gasteiger partial charge in [0.25, 0.3) is 0 Å². The predicted molar refractivity (Wildman–Crippen MR) is 87.2 cm³/mol. The van der Waals surface area contributed by atoms with Crippen LogP contribution in [0.3, 0.4) is 0 Å². The summed E-state index contributed by atoms with van der Waals surface area (Å²) in [5.74, 6) is -1.97. The molecular weight excluding hydrogens is 327 g/mol. The number of nitrogens with zero attached hydrogens (tertiary/aromatic N) is 1. The van der Waals surface area contributed by atoms with Gasteiger partial charge in [-0.3, -0.25) is 4.79 Å². The molecular formula is C20H18F3NO. The Morgan fingerprint density at radius 2 is 1.80 bits per heavy atom. The van der Waals surface area contributed by atoms with Gasteiger partial charge in [0.15, 0.2) is 0 Å². The van der Waals surface area contributed by atoms with Gasteiger partial charge < -0.3 is 4.90 Å². The third-order valence-corrected chi connectivity index (χ3v) is 5.04. The molecule has 2 unspecified atom stereocenters. The number of hydrogen-bond donors (Lipinski definition) is 0. The van der Waals surface area contributed by atoms with Crippen LogP contribution in [0.15, 0.2) is 42.5 Å². The van der Waals surface area contributed by atoms with Crippen molar-refractivity contribution in [3.05, 3.63) is 71.0 Å². The Balaban J connectivity index is 1.50. The summed E-state index contributed by atoms with van der Waals surface area (Å²) in [6.45, 7) is 0.135. The SMILES string of the molecule is O=C(C1CC1c1ccccc1F)N(Cc1ccc(F)cc1F)C1CC1. The first-order valence-electron chi connectivity index (χ1n) is 8.53. The molecule has 0 bridgehead atoms. The average molecular weight is 345 g/mol. The van der Waals surface area contributed by atoms with E-state index >= 15 is 0 Å². The van der Waals surface area contributed by atoms with Crippen LogP contribution in [-0.2, 0) is 11.3 Å². The molecule has 130 valence electrons. The lowest BCUT2D eigenvalue weighted by Crippen LogP contribution is -2.34. The summed E-state index contributed by atoms with van der Waals surface area (Å²) in [6, 6.07) is 10.1. The molecule has 0 saturated heterocycles. The maximum absolute atomic E-state index is 13.9. The number of amides is 1. The highest BCUT2D eigenvalue weighted by molar-refractivity contribution is 5.83. The van der Waals surface area contributed by atoms with Gasteiger partial charge in [-0.05, 0) is 42.9 Å². The number of carbonyl (C=O) groups is 1. The Hall–Kier alpha value is -2.30. The van der Waals surface area contributed by atoms with Gasteiger partial charge in [-0.1, -0.05) is 24.3 Å². The lowest BCUT2D eigenvalue weighted by atomic mass is 10.1. The number of rotatable bonds is 5. The van der Waals surface area contributed by atoms with E-state index in [1.54, 1.807) is 23.1 Å². The van der Waals surface area contributed by atoms with Crippen molar-refractivity contribution in [3.63, 3.8) is 0 Å². The van der Waals surface area contributed by atoms with E-state index in [9.17, 15) is 18.0 Å². The highest BCUT2D eigenvalue weighted by atomic mass is 19.1. The van der Waals surface area contributed by atoms with Gasteiger partial charge >= 0.3 is 0 Å². The van der Waals surface area contributed by atoms with Gasteiger partial charge in [0.2, 0.25) is 5.91 Å². The third kappa shape index (κ3) is 3.28. The maximum Gasteiger partial charge on any atom is 0.226 e. The Labute approximate surface area is 144 Å². The molecule has 0 heterocycles. The van der Waals surface area contributed by atoms with E-state index in [0.717, 1.165) is 18.9 Å². The Kier molecular flexibility index (Phi) is 4.02. The molecule has 2 aromatic carbocycles. The zero-order valence-corrected chi connectivity index (χ0v) is 13.6. The highest BCUT2D eigenvalue weighted by Crippen LogP contribution is 2.50. The van der Waals surface area contributed by atoms with Crippen LogP contribution in [0.25, 0.3) is 0 Å². The predicted octanol–water partition coefficient (Wildman–Crippen LogP) is 4.40. The Morgan fingerprint density at radius 3 is 2.48 bits per heavy atom. The van der Waals surface area contributed by atoms with Crippen LogP contribution < -0.4 is 0 Å². The van der Waals surface area contributed by atoms with E-state index in [1.807, 2.05) is 0 Å². The van der Waals surface area contributed by atoms with Crippen molar-refractivity contribution in [2.45, 2.75) is 37.8 Å². The number of hydrogen-bond acceptors (Lipinski definition) is 1. The van der Waals surface area contributed by atoms with Crippen LogP contribution >= 0.6 is 0 Å². The fourth-order valence-corrected chi connectivity index (χ4v) is 3.41. The average Bonchev–Trinajstić information content (AvgIpc) is 3.47. The molecule has 2 fully saturated rings. The number of carbonyl (C=O) groups excluding carboxylic acids is 1. The third-order valence-electron chi connectivity index (χ3n) is 5.04. The first-order chi connectivity index (χ1) is 12.0. The quantitative estimate of drug-likeness (QED) is 0.787. The Bertz CT molecular complexity index is 818. The first-order valence-corrected chi connectivity index (χ1v) is 8.53. The monoisotopic (exact) mass is 345 g/mol. The van der Waals surface area contributed by atoms with Crippen LogP contribution in [0.5, 0.6) is 0 Å². The summed E-state index contributed by atoms with van der Waals surface area (Å²) in [5, 5.41) is 0. The van der Waals surface area contributed by atoms with Crippen molar-refractivity contribution in [3.8, 4) is 0 Å². The van der Waals surface area contributed by atoms with Gasteiger partial charge in [0, 0.05) is 30.1 Å². The normalized spacial score (nSPS) is 21.9. The van der Waals surface area contributed by atoms with Crippen LogP contribution in [0, 0.1) is 23.4 Å². The van der Waals surface area contributed by atoms with E-state index in [0.29, 0.717) is 17.5 Å². The second-order valence-electron chi connectivity index (χ2n) is 6.90. The summed E-state index contributed by atoms with van der Waals surface area (Å²) in [6.07, 6.45) is 2.41. The molecule has 1 amide bonds. The van der Waals surface area contributed by atoms with Gasteiger partial charge in [0.1, 0.15) is 17.5 Å². The van der Waals surface area contributed by atoms with Crippen molar-refractivity contribution in [1.82, 2.24) is 4.90 Å². The van der Waals surface area contributed by atoms with Crippen molar-refractivity contribution < 1.29 is 18.0 Å². The van der Waals surface area contributed by atoms with Crippen molar-refractivity contribution in [1.29, 1.82) is 0 Å². The van der Waals surface area contributed by atoms with Crippen LogP contribution in [0.4, 0.5) is 13.2 Å². The molecule has 2 aromatic rings. The number of benzene rings is 2. The van der Waals surface area contributed by atoms with Crippen LogP contribution in [0.1, 0.15) is 36.3 Å². The van der Waals surface area contributed by atoms with Crippen molar-refractivity contribution in [2.75, 3.05) is 0 Å². The smallest absolute Gasteiger partial charge is 0.226 e. The van der Waals surface area contributed by atoms with Gasteiger partial charge in [-0.25, -0.2) is 13.2 Å². The van der Waals surface area contributed by atoms with Crippen LogP contribution in [0.2, 0.25) is 0 Å². The zero-order chi connectivity index (χ0) is 17.6. The summed E-state index contributed by atoms with van der Waals surface area (Å²) in [5.41, 5.74) is 0.884. The standard InChI is InChI=1S/C20H18F3NO/c21-13-6-5-12(19(23)9-13)11-24(14-7-8-14)20(25)17-10-16(17)15-3-1-2-4-18(15)22/h1-6,9,14,16-17H,7-8,10-11H2. The molecule has 0 aromatic heterocycles. The minimum atomic E-state index is -0.639. The topological polar surface area (TPSA) is 20.3 Å². The minimum absolute atomic E-state index is 0.0560.